The van der Waals surface area contributed by atoms with Crippen LogP contribution in [0.4, 0.5) is 5.82 Å². The molecular weight excluding hydrogens is 394 g/mol. The molecule has 1 fully saturated rings. The Morgan fingerprint density at radius 1 is 1.30 bits per heavy atom. The van der Waals surface area contributed by atoms with Crippen molar-refractivity contribution < 1.29 is 4.79 Å². The molecule has 0 unspecified atom stereocenters. The second-order valence-electron chi connectivity index (χ2n) is 8.08. The number of rotatable bonds is 8. The molecule has 0 radical (unpaired) electrons. The smallest absolute Gasteiger partial charge is 0.268 e. The van der Waals surface area contributed by atoms with Crippen LogP contribution in [0.15, 0.2) is 29.3 Å². The van der Waals surface area contributed by atoms with E-state index in [0.29, 0.717) is 12.2 Å². The average Bonchev–Trinajstić information content (AvgIpc) is 3.04. The van der Waals surface area contributed by atoms with Crippen LogP contribution in [-0.2, 0) is 13.6 Å². The topological polar surface area (TPSA) is 53.4 Å². The minimum absolute atomic E-state index is 0.0472. The lowest BCUT2D eigenvalue weighted by Crippen LogP contribution is -2.28. The lowest BCUT2D eigenvalue weighted by atomic mass is 10.0. The van der Waals surface area contributed by atoms with E-state index in [9.17, 15) is 4.79 Å². The Kier molecular flexibility index (Phi) is 7.83. The number of hydrogen-bond donors (Lipinski definition) is 1. The summed E-state index contributed by atoms with van der Waals surface area (Å²) in [5.41, 5.74) is 2.88. The van der Waals surface area contributed by atoms with Gasteiger partial charge in [0.1, 0.15) is 11.5 Å². The van der Waals surface area contributed by atoms with Gasteiger partial charge in [-0.2, -0.15) is 0 Å². The third kappa shape index (κ3) is 5.19. The summed E-state index contributed by atoms with van der Waals surface area (Å²) in [6, 6.07) is 5.99. The number of pyridine rings is 1. The first-order chi connectivity index (χ1) is 14.4. The van der Waals surface area contributed by atoms with Gasteiger partial charge in [0.2, 0.25) is 0 Å². The summed E-state index contributed by atoms with van der Waals surface area (Å²) in [6.07, 6.45) is 4.29. The molecule has 0 aliphatic carbocycles. The molecule has 2 aromatic heterocycles. The average molecular weight is 430 g/mol. The molecule has 1 amide bonds. The number of hydrogen-bond acceptors (Lipinski definition) is 5. The molecule has 1 aliphatic heterocycles. The maximum atomic E-state index is 13.0. The van der Waals surface area contributed by atoms with Crippen molar-refractivity contribution in [3.63, 3.8) is 0 Å². The number of anilines is 1. The van der Waals surface area contributed by atoms with E-state index in [4.69, 9.17) is 0 Å². The van der Waals surface area contributed by atoms with Crippen molar-refractivity contribution >= 4 is 23.7 Å². The van der Waals surface area contributed by atoms with E-state index in [1.165, 1.54) is 17.7 Å². The van der Waals surface area contributed by atoms with Gasteiger partial charge in [0.05, 0.1) is 0 Å². The summed E-state index contributed by atoms with van der Waals surface area (Å²) < 4.78 is 4.43. The van der Waals surface area contributed by atoms with Gasteiger partial charge in [0.25, 0.3) is 5.91 Å². The first kappa shape index (κ1) is 22.7. The molecule has 30 heavy (non-hydrogen) atoms. The van der Waals surface area contributed by atoms with Crippen LogP contribution in [0.3, 0.4) is 0 Å². The largest absolute Gasteiger partial charge is 0.357 e. The third-order valence-corrected chi connectivity index (χ3v) is 7.29. The Bertz CT molecular complexity index is 853. The highest BCUT2D eigenvalue weighted by atomic mass is 32.2. The van der Waals surface area contributed by atoms with Gasteiger partial charge in [-0.25, -0.2) is 9.29 Å². The van der Waals surface area contributed by atoms with Crippen LogP contribution in [0.5, 0.6) is 0 Å². The van der Waals surface area contributed by atoms with Gasteiger partial charge < -0.3 is 14.8 Å². The Morgan fingerprint density at radius 3 is 2.67 bits per heavy atom. The molecule has 0 atom stereocenters. The second kappa shape index (κ2) is 10.4. The highest BCUT2D eigenvalue weighted by molar-refractivity contribution is 7.97. The fourth-order valence-electron chi connectivity index (χ4n) is 3.84. The second-order valence-corrected chi connectivity index (χ2v) is 9.22. The summed E-state index contributed by atoms with van der Waals surface area (Å²) in [4.78, 5) is 20.9. The molecule has 0 saturated carbocycles. The lowest BCUT2D eigenvalue weighted by molar-refractivity contribution is 0.0942. The molecule has 1 N–H and O–H groups in total. The van der Waals surface area contributed by atoms with E-state index >= 15 is 0 Å². The quantitative estimate of drug-likeness (QED) is 0.636. The summed E-state index contributed by atoms with van der Waals surface area (Å²) in [5.74, 6) is 1.71. The van der Waals surface area contributed by atoms with Crippen molar-refractivity contribution in [2.45, 2.75) is 52.0 Å². The van der Waals surface area contributed by atoms with Gasteiger partial charge in [-0.15, -0.1) is 0 Å². The maximum absolute atomic E-state index is 13.0. The molecule has 0 aromatic carbocycles. The standard InChI is InChI=1S/C23H35N5OS/c1-6-27(7-2)22-19(9-8-12-24-22)16-25-23(29)20-15-21(18(4)26(20)5)30-28-13-10-17(3)11-14-28/h8-9,12,15,17H,6-7,10-11,13-14,16H2,1-5H3,(H,25,29). The fraction of sp³-hybridized carbons (Fsp3) is 0.565. The van der Waals surface area contributed by atoms with Gasteiger partial charge in [0, 0.05) is 62.1 Å². The Balaban J connectivity index is 1.68. The molecule has 2 aromatic rings. The molecule has 6 nitrogen and oxygen atoms in total. The number of nitrogens with zero attached hydrogens (tertiary/aromatic N) is 4. The van der Waals surface area contributed by atoms with Gasteiger partial charge in [-0.05, 0) is 63.6 Å². The number of carbonyl (C=O) groups excluding carboxylic acids is 1. The monoisotopic (exact) mass is 429 g/mol. The zero-order valence-corrected chi connectivity index (χ0v) is 19.8. The van der Waals surface area contributed by atoms with Crippen molar-refractivity contribution in [1.29, 1.82) is 0 Å². The van der Waals surface area contributed by atoms with Crippen LogP contribution >= 0.6 is 11.9 Å². The predicted molar refractivity (Wildman–Crippen MR) is 125 cm³/mol. The number of nitrogens with one attached hydrogen (secondary N) is 1. The highest BCUT2D eigenvalue weighted by Crippen LogP contribution is 2.32. The van der Waals surface area contributed by atoms with Crippen LogP contribution in [0.2, 0.25) is 0 Å². The van der Waals surface area contributed by atoms with E-state index in [2.05, 4.69) is 47.2 Å². The molecule has 3 rings (SSSR count). The highest BCUT2D eigenvalue weighted by Gasteiger charge is 2.21. The van der Waals surface area contributed by atoms with E-state index in [1.54, 1.807) is 11.9 Å². The third-order valence-electron chi connectivity index (χ3n) is 6.06. The van der Waals surface area contributed by atoms with E-state index in [0.717, 1.165) is 49.2 Å². The van der Waals surface area contributed by atoms with Crippen LogP contribution < -0.4 is 10.2 Å². The van der Waals surface area contributed by atoms with Gasteiger partial charge >= 0.3 is 0 Å². The minimum atomic E-state index is -0.0472. The van der Waals surface area contributed by atoms with E-state index < -0.39 is 0 Å². The zero-order chi connectivity index (χ0) is 21.7. The first-order valence-corrected chi connectivity index (χ1v) is 11.8. The van der Waals surface area contributed by atoms with Crippen molar-refractivity contribution in [1.82, 2.24) is 19.2 Å². The summed E-state index contributed by atoms with van der Waals surface area (Å²) in [6.45, 7) is 13.1. The predicted octanol–water partition coefficient (Wildman–Crippen LogP) is 4.24. The van der Waals surface area contributed by atoms with E-state index in [-0.39, 0.29) is 5.91 Å². The van der Waals surface area contributed by atoms with Crippen molar-refractivity contribution in [2.24, 2.45) is 13.0 Å². The lowest BCUT2D eigenvalue weighted by Gasteiger charge is -2.28. The molecule has 1 saturated heterocycles. The number of piperidine rings is 1. The fourth-order valence-corrected chi connectivity index (χ4v) is 4.94. The molecule has 1 aliphatic rings. The molecular formula is C23H35N5OS. The maximum Gasteiger partial charge on any atom is 0.268 e. The SMILES string of the molecule is CCN(CC)c1ncccc1CNC(=O)c1cc(SN2CCC(C)CC2)c(C)n1C. The number of carbonyl (C=O) groups is 1. The summed E-state index contributed by atoms with van der Waals surface area (Å²) in [7, 11) is 1.97. The van der Waals surface area contributed by atoms with Gasteiger partial charge in [-0.1, -0.05) is 13.0 Å². The minimum Gasteiger partial charge on any atom is -0.357 e. The van der Waals surface area contributed by atoms with Crippen LogP contribution in [-0.4, -0.2) is 45.9 Å². The Labute approximate surface area is 185 Å². The molecule has 164 valence electrons. The summed E-state index contributed by atoms with van der Waals surface area (Å²) in [5, 5.41) is 3.10. The number of aromatic nitrogens is 2. The molecule has 0 bridgehead atoms. The van der Waals surface area contributed by atoms with Crippen LogP contribution in [0.1, 0.15) is 55.4 Å². The molecule has 0 spiro atoms. The van der Waals surface area contributed by atoms with E-state index in [1.807, 2.05) is 36.0 Å². The zero-order valence-electron chi connectivity index (χ0n) is 18.9. The normalized spacial score (nSPS) is 15.4. The van der Waals surface area contributed by atoms with Crippen LogP contribution in [0, 0.1) is 12.8 Å². The van der Waals surface area contributed by atoms with Crippen molar-refractivity contribution in [3.05, 3.63) is 41.3 Å². The van der Waals surface area contributed by atoms with Crippen molar-refractivity contribution in [2.75, 3.05) is 31.1 Å². The number of amides is 1. The van der Waals surface area contributed by atoms with Gasteiger partial charge in [-0.3, -0.25) is 4.79 Å². The first-order valence-electron chi connectivity index (χ1n) is 11.0. The Hall–Kier alpha value is -1.99. The summed E-state index contributed by atoms with van der Waals surface area (Å²) >= 11 is 1.79. The Morgan fingerprint density at radius 2 is 2.00 bits per heavy atom. The van der Waals surface area contributed by atoms with Crippen molar-refractivity contribution in [3.8, 4) is 0 Å². The van der Waals surface area contributed by atoms with Gasteiger partial charge in [0.15, 0.2) is 0 Å². The molecule has 3 heterocycles. The molecule has 7 heteroatoms. The van der Waals surface area contributed by atoms with Crippen LogP contribution in [0.25, 0.3) is 0 Å².